The number of sulfone groups is 1. The summed E-state index contributed by atoms with van der Waals surface area (Å²) in [6.07, 6.45) is 0.589. The van der Waals surface area contributed by atoms with E-state index in [0.717, 1.165) is 30.5 Å². The number of benzene rings is 2. The lowest BCUT2D eigenvalue weighted by atomic mass is 9.95. The fourth-order valence-corrected chi connectivity index (χ4v) is 6.62. The van der Waals surface area contributed by atoms with E-state index in [1.807, 2.05) is 4.90 Å². The number of hydrogen-bond donors (Lipinski definition) is 2. The molecule has 2 aromatic carbocycles. The third kappa shape index (κ3) is 8.03. The Morgan fingerprint density at radius 3 is 2.33 bits per heavy atom. The predicted octanol–water partition coefficient (Wildman–Crippen LogP) is 4.31. The zero-order valence-electron chi connectivity index (χ0n) is 25.3. The average Bonchev–Trinajstić information content (AvgIpc) is 3.50. The summed E-state index contributed by atoms with van der Waals surface area (Å²) >= 11 is 0. The van der Waals surface area contributed by atoms with Gasteiger partial charge in [0.25, 0.3) is 5.91 Å². The van der Waals surface area contributed by atoms with Gasteiger partial charge in [-0.25, -0.2) is 18.4 Å². The number of anilines is 1. The van der Waals surface area contributed by atoms with Gasteiger partial charge in [-0.2, -0.15) is 13.2 Å². The van der Waals surface area contributed by atoms with Crippen LogP contribution in [0.5, 0.6) is 0 Å². The van der Waals surface area contributed by atoms with E-state index in [9.17, 15) is 31.5 Å². The number of alkyl halides is 3. The van der Waals surface area contributed by atoms with Gasteiger partial charge in [0.1, 0.15) is 0 Å². The standard InChI is InChI=1S/C32H37F3N4O6S/c1-2-46(42,43)28-9-5-22(6-10-28)29(19-40)38-30(41)24-16-36-31(37-17-24)39-18-23(21-3-7-25(8-4-21)32(33,34)35)15-26(39)20-45-27-11-13-44-14-12-27/h3-10,16-17,23,26-27,29,40H,2,11-15,18-20H2,1H3,(H,38,41)/t23?,26-,29-/m0/s1. The lowest BCUT2D eigenvalue weighted by Gasteiger charge is -2.28. The fraction of sp³-hybridized carbons (Fsp3) is 0.469. The molecule has 2 fully saturated rings. The summed E-state index contributed by atoms with van der Waals surface area (Å²) in [6, 6.07) is 10.2. The Labute approximate surface area is 265 Å². The van der Waals surface area contributed by atoms with Crippen LogP contribution in [0.2, 0.25) is 0 Å². The van der Waals surface area contributed by atoms with Gasteiger partial charge in [0.2, 0.25) is 5.95 Å². The second-order valence-electron chi connectivity index (χ2n) is 11.5. The lowest BCUT2D eigenvalue weighted by molar-refractivity contribution is -0.137. The van der Waals surface area contributed by atoms with Crippen LogP contribution < -0.4 is 10.2 Å². The van der Waals surface area contributed by atoms with Gasteiger partial charge in [-0.3, -0.25) is 4.79 Å². The SMILES string of the molecule is CCS(=O)(=O)c1ccc([C@H](CO)NC(=O)c2cnc(N3CC(c4ccc(C(F)(F)F)cc4)C[C@H]3COC3CCOCC3)nc2)cc1. The third-order valence-corrected chi connectivity index (χ3v) is 10.2. The van der Waals surface area contributed by atoms with Crippen molar-refractivity contribution in [3.05, 3.63) is 83.2 Å². The number of nitrogens with zero attached hydrogens (tertiary/aromatic N) is 3. The molecule has 46 heavy (non-hydrogen) atoms. The first-order valence-electron chi connectivity index (χ1n) is 15.2. The summed E-state index contributed by atoms with van der Waals surface area (Å²) in [5, 5.41) is 12.7. The van der Waals surface area contributed by atoms with Crippen molar-refractivity contribution in [2.45, 2.75) is 61.4 Å². The third-order valence-electron chi connectivity index (χ3n) is 8.48. The maximum Gasteiger partial charge on any atom is 0.416 e. The molecule has 10 nitrogen and oxygen atoms in total. The normalized spacial score (nSPS) is 20.1. The smallest absolute Gasteiger partial charge is 0.394 e. The van der Waals surface area contributed by atoms with Gasteiger partial charge < -0.3 is 24.8 Å². The van der Waals surface area contributed by atoms with Crippen molar-refractivity contribution < 1.29 is 41.0 Å². The van der Waals surface area contributed by atoms with Gasteiger partial charge in [-0.1, -0.05) is 31.2 Å². The second kappa shape index (κ2) is 14.4. The van der Waals surface area contributed by atoms with E-state index in [0.29, 0.717) is 44.3 Å². The van der Waals surface area contributed by atoms with Crippen LogP contribution in [0.25, 0.3) is 0 Å². The lowest BCUT2D eigenvalue weighted by Crippen LogP contribution is -2.37. The summed E-state index contributed by atoms with van der Waals surface area (Å²) in [5.41, 5.74) is 0.758. The molecule has 0 saturated carbocycles. The summed E-state index contributed by atoms with van der Waals surface area (Å²) in [6.45, 7) is 3.22. The van der Waals surface area contributed by atoms with E-state index in [-0.39, 0.29) is 34.3 Å². The molecule has 3 atom stereocenters. The number of ether oxygens (including phenoxy) is 2. The minimum absolute atomic E-state index is 0.0423. The van der Waals surface area contributed by atoms with Crippen LogP contribution in [0, 0.1) is 0 Å². The Bertz CT molecular complexity index is 1570. The molecule has 14 heteroatoms. The van der Waals surface area contributed by atoms with E-state index in [4.69, 9.17) is 9.47 Å². The number of hydrogen-bond acceptors (Lipinski definition) is 9. The highest BCUT2D eigenvalue weighted by Crippen LogP contribution is 2.36. The topological polar surface area (TPSA) is 131 Å². The van der Waals surface area contributed by atoms with Crippen LogP contribution in [0.15, 0.2) is 65.8 Å². The molecule has 0 radical (unpaired) electrons. The number of aliphatic hydroxyl groups is 1. The summed E-state index contributed by atoms with van der Waals surface area (Å²) < 4.78 is 75.3. The van der Waals surface area contributed by atoms with E-state index in [1.165, 1.54) is 36.7 Å². The molecule has 2 saturated heterocycles. The van der Waals surface area contributed by atoms with Crippen LogP contribution in [0.4, 0.5) is 19.1 Å². The van der Waals surface area contributed by atoms with Crippen molar-refractivity contribution in [1.82, 2.24) is 15.3 Å². The number of aromatic nitrogens is 2. The minimum atomic E-state index is -4.41. The van der Waals surface area contributed by atoms with Crippen molar-refractivity contribution >= 4 is 21.7 Å². The number of amides is 1. The van der Waals surface area contributed by atoms with Gasteiger partial charge >= 0.3 is 6.18 Å². The Balaban J connectivity index is 1.29. The monoisotopic (exact) mass is 662 g/mol. The summed E-state index contributed by atoms with van der Waals surface area (Å²) in [7, 11) is -3.39. The largest absolute Gasteiger partial charge is 0.416 e. The maximum absolute atomic E-state index is 13.1. The molecule has 248 valence electrons. The van der Waals surface area contributed by atoms with Crippen molar-refractivity contribution in [3.63, 3.8) is 0 Å². The zero-order valence-corrected chi connectivity index (χ0v) is 26.1. The Hall–Kier alpha value is -3.59. The van der Waals surface area contributed by atoms with E-state index in [1.54, 1.807) is 19.1 Å². The molecule has 0 bridgehead atoms. The minimum Gasteiger partial charge on any atom is -0.394 e. The zero-order chi connectivity index (χ0) is 32.9. The van der Waals surface area contributed by atoms with Crippen molar-refractivity contribution in [1.29, 1.82) is 0 Å². The van der Waals surface area contributed by atoms with Gasteiger partial charge in [-0.05, 0) is 54.7 Å². The van der Waals surface area contributed by atoms with Crippen molar-refractivity contribution in [2.75, 3.05) is 43.6 Å². The highest BCUT2D eigenvalue weighted by atomic mass is 32.2. The quantitative estimate of drug-likeness (QED) is 0.309. The highest BCUT2D eigenvalue weighted by Gasteiger charge is 2.36. The maximum atomic E-state index is 13.1. The molecule has 0 spiro atoms. The van der Waals surface area contributed by atoms with Gasteiger partial charge in [-0.15, -0.1) is 0 Å². The Morgan fingerprint density at radius 2 is 1.74 bits per heavy atom. The van der Waals surface area contributed by atoms with Gasteiger partial charge in [0.05, 0.1) is 53.2 Å². The predicted molar refractivity (Wildman–Crippen MR) is 163 cm³/mol. The summed E-state index contributed by atoms with van der Waals surface area (Å²) in [5.74, 6) is -0.294. The van der Waals surface area contributed by atoms with Crippen LogP contribution >= 0.6 is 0 Å². The molecule has 2 aliphatic heterocycles. The van der Waals surface area contributed by atoms with Crippen LogP contribution in [-0.2, 0) is 25.5 Å². The van der Waals surface area contributed by atoms with Crippen LogP contribution in [0.3, 0.4) is 0 Å². The number of carbonyl (C=O) groups is 1. The van der Waals surface area contributed by atoms with Gasteiger partial charge in [0.15, 0.2) is 9.84 Å². The Morgan fingerprint density at radius 1 is 1.09 bits per heavy atom. The van der Waals surface area contributed by atoms with Crippen molar-refractivity contribution in [3.8, 4) is 0 Å². The molecule has 3 heterocycles. The molecule has 1 aromatic heterocycles. The van der Waals surface area contributed by atoms with E-state index >= 15 is 0 Å². The molecule has 2 N–H and O–H groups in total. The highest BCUT2D eigenvalue weighted by molar-refractivity contribution is 7.91. The summed E-state index contributed by atoms with van der Waals surface area (Å²) in [4.78, 5) is 24.1. The molecule has 0 aliphatic carbocycles. The van der Waals surface area contributed by atoms with E-state index in [2.05, 4.69) is 15.3 Å². The molecule has 1 amide bonds. The molecular weight excluding hydrogens is 625 g/mol. The molecule has 5 rings (SSSR count). The molecule has 1 unspecified atom stereocenters. The molecule has 3 aromatic rings. The number of nitrogens with one attached hydrogen (secondary N) is 1. The Kier molecular flexibility index (Phi) is 10.6. The molecule has 2 aliphatic rings. The fourth-order valence-electron chi connectivity index (χ4n) is 5.73. The first-order valence-corrected chi connectivity index (χ1v) is 16.8. The average molecular weight is 663 g/mol. The van der Waals surface area contributed by atoms with Crippen LogP contribution in [0.1, 0.15) is 65.2 Å². The van der Waals surface area contributed by atoms with Gasteiger partial charge in [0, 0.05) is 38.1 Å². The number of halogens is 3. The van der Waals surface area contributed by atoms with E-state index < -0.39 is 40.1 Å². The molecular formula is C32H37F3N4O6S. The number of aliphatic hydroxyl groups excluding tert-OH is 1. The first kappa shape index (κ1) is 33.8. The van der Waals surface area contributed by atoms with Crippen LogP contribution in [-0.4, -0.2) is 80.3 Å². The first-order chi connectivity index (χ1) is 22.0. The number of rotatable bonds is 11. The second-order valence-corrected chi connectivity index (χ2v) is 13.7. The number of carbonyl (C=O) groups excluding carboxylic acids is 1. The van der Waals surface area contributed by atoms with Crippen molar-refractivity contribution in [2.24, 2.45) is 0 Å².